The Balaban J connectivity index is 1.15. The summed E-state index contributed by atoms with van der Waals surface area (Å²) in [6, 6.07) is 21.4. The minimum absolute atomic E-state index is 0.0170. The van der Waals surface area contributed by atoms with Gasteiger partial charge in [0, 0.05) is 37.8 Å². The second-order valence-electron chi connectivity index (χ2n) is 9.75. The van der Waals surface area contributed by atoms with Crippen LogP contribution in [0, 0.1) is 0 Å². The van der Waals surface area contributed by atoms with E-state index in [1.165, 1.54) is 47.8 Å². The minimum atomic E-state index is -0.0170. The summed E-state index contributed by atoms with van der Waals surface area (Å²) >= 11 is 0. The van der Waals surface area contributed by atoms with Gasteiger partial charge in [-0.15, -0.1) is 0 Å². The maximum Gasteiger partial charge on any atom is 0.251 e. The maximum atomic E-state index is 12.6. The molecule has 5 rings (SSSR count). The maximum absolute atomic E-state index is 12.6. The summed E-state index contributed by atoms with van der Waals surface area (Å²) in [7, 11) is 1.62. The number of hydrogen-bond donors (Lipinski definition) is 1. The zero-order valence-electron chi connectivity index (χ0n) is 20.1. The number of fused-ring (bicyclic) bond motifs is 1. The molecule has 1 amide bonds. The van der Waals surface area contributed by atoms with Crippen LogP contribution in [-0.2, 0) is 13.1 Å². The predicted molar refractivity (Wildman–Crippen MR) is 137 cm³/mol. The van der Waals surface area contributed by atoms with Crippen LogP contribution in [0.15, 0.2) is 60.7 Å². The van der Waals surface area contributed by atoms with E-state index in [4.69, 9.17) is 4.74 Å². The fourth-order valence-electron chi connectivity index (χ4n) is 5.27. The van der Waals surface area contributed by atoms with Crippen molar-refractivity contribution in [2.24, 2.45) is 0 Å². The van der Waals surface area contributed by atoms with Gasteiger partial charge in [-0.2, -0.15) is 0 Å². The van der Waals surface area contributed by atoms with Crippen molar-refractivity contribution in [2.75, 3.05) is 33.3 Å². The molecule has 2 heterocycles. The molecule has 2 saturated heterocycles. The number of nitrogens with zero attached hydrogens (tertiary/aromatic N) is 2. The number of nitrogens with one attached hydrogen (secondary N) is 1. The van der Waals surface area contributed by atoms with Gasteiger partial charge in [0.1, 0.15) is 5.75 Å². The van der Waals surface area contributed by atoms with Crippen molar-refractivity contribution in [2.45, 2.75) is 44.8 Å². The molecule has 0 aliphatic carbocycles. The molecule has 5 nitrogen and oxygen atoms in total. The van der Waals surface area contributed by atoms with Crippen LogP contribution in [0.1, 0.15) is 47.2 Å². The molecule has 2 aliphatic heterocycles. The Labute approximate surface area is 202 Å². The van der Waals surface area contributed by atoms with E-state index in [1.54, 1.807) is 13.2 Å². The van der Waals surface area contributed by atoms with Crippen molar-refractivity contribution in [3.05, 3.63) is 77.4 Å². The zero-order valence-corrected chi connectivity index (χ0v) is 20.1. The van der Waals surface area contributed by atoms with Gasteiger partial charge >= 0.3 is 0 Å². The van der Waals surface area contributed by atoms with Crippen LogP contribution >= 0.6 is 0 Å². The predicted octanol–water partition coefficient (Wildman–Crippen LogP) is 4.84. The Kier molecular flexibility index (Phi) is 7.12. The van der Waals surface area contributed by atoms with E-state index in [1.807, 2.05) is 18.2 Å². The second-order valence-corrected chi connectivity index (χ2v) is 9.75. The Bertz CT molecular complexity index is 1130. The van der Waals surface area contributed by atoms with Crippen LogP contribution in [0.3, 0.4) is 0 Å². The molecule has 3 aromatic rings. The summed E-state index contributed by atoms with van der Waals surface area (Å²) in [6.07, 6.45) is 4.62. The fraction of sp³-hybridized carbons (Fsp3) is 0.414. The van der Waals surface area contributed by atoms with Crippen LogP contribution < -0.4 is 10.1 Å². The monoisotopic (exact) mass is 457 g/mol. The average molecular weight is 458 g/mol. The summed E-state index contributed by atoms with van der Waals surface area (Å²) in [5, 5.41) is 5.86. The van der Waals surface area contributed by atoms with Crippen LogP contribution in [0.5, 0.6) is 5.75 Å². The van der Waals surface area contributed by atoms with Gasteiger partial charge in [0.15, 0.2) is 0 Å². The Morgan fingerprint density at radius 1 is 0.853 bits per heavy atom. The lowest BCUT2D eigenvalue weighted by atomic mass is 10.0. The first kappa shape index (κ1) is 22.9. The summed E-state index contributed by atoms with van der Waals surface area (Å²) in [6.45, 7) is 6.48. The molecule has 0 spiro atoms. The molecule has 0 unspecified atom stereocenters. The number of hydrogen-bond acceptors (Lipinski definition) is 4. The highest BCUT2D eigenvalue weighted by atomic mass is 16.5. The first-order valence-corrected chi connectivity index (χ1v) is 12.6. The van der Waals surface area contributed by atoms with Crippen molar-refractivity contribution < 1.29 is 9.53 Å². The molecule has 5 heteroatoms. The molecule has 0 saturated carbocycles. The third-order valence-corrected chi connectivity index (χ3v) is 7.23. The van der Waals surface area contributed by atoms with E-state index in [9.17, 15) is 4.79 Å². The fourth-order valence-corrected chi connectivity index (χ4v) is 5.27. The quantitative estimate of drug-likeness (QED) is 0.552. The molecule has 178 valence electrons. The van der Waals surface area contributed by atoms with Crippen LogP contribution in [0.25, 0.3) is 10.8 Å². The summed E-state index contributed by atoms with van der Waals surface area (Å²) < 4.78 is 5.24. The number of ether oxygens (including phenoxy) is 1. The van der Waals surface area contributed by atoms with Gasteiger partial charge in [0.25, 0.3) is 5.91 Å². The molecule has 0 aromatic heterocycles. The van der Waals surface area contributed by atoms with Gasteiger partial charge in [-0.25, -0.2) is 0 Å². The standard InChI is InChI=1S/C29H35N3O2/c1-34-28-6-4-5-25(19-28)29(33)30-27-11-15-32(16-12-27)21-23-8-10-24-9-7-22(17-26(24)18-23)20-31-13-2-3-14-31/h4-10,17-19,27H,2-3,11-16,20-21H2,1H3,(H,30,33). The van der Waals surface area contributed by atoms with E-state index < -0.39 is 0 Å². The number of methoxy groups -OCH3 is 1. The summed E-state index contributed by atoms with van der Waals surface area (Å²) in [5.74, 6) is 0.692. The Hall–Kier alpha value is -2.89. The lowest BCUT2D eigenvalue weighted by Crippen LogP contribution is -2.44. The number of rotatable bonds is 7. The molecule has 0 radical (unpaired) electrons. The third-order valence-electron chi connectivity index (χ3n) is 7.23. The van der Waals surface area contributed by atoms with Gasteiger partial charge in [-0.3, -0.25) is 14.6 Å². The number of amides is 1. The summed E-state index contributed by atoms with van der Waals surface area (Å²) in [5.41, 5.74) is 3.44. The molecular weight excluding hydrogens is 422 g/mol. The highest BCUT2D eigenvalue weighted by molar-refractivity contribution is 5.94. The van der Waals surface area contributed by atoms with Crippen molar-refractivity contribution in [1.82, 2.24) is 15.1 Å². The topological polar surface area (TPSA) is 44.8 Å². The van der Waals surface area contributed by atoms with Gasteiger partial charge in [-0.1, -0.05) is 30.3 Å². The van der Waals surface area contributed by atoms with E-state index >= 15 is 0 Å². The highest BCUT2D eigenvalue weighted by Gasteiger charge is 2.21. The van der Waals surface area contributed by atoms with Crippen LogP contribution in [-0.4, -0.2) is 55.0 Å². The van der Waals surface area contributed by atoms with Crippen LogP contribution in [0.2, 0.25) is 0 Å². The van der Waals surface area contributed by atoms with Gasteiger partial charge in [-0.05, 0) is 91.0 Å². The normalized spacial score (nSPS) is 17.8. The zero-order chi connectivity index (χ0) is 23.3. The lowest BCUT2D eigenvalue weighted by Gasteiger charge is -2.32. The Morgan fingerprint density at radius 2 is 1.50 bits per heavy atom. The molecule has 2 fully saturated rings. The highest BCUT2D eigenvalue weighted by Crippen LogP contribution is 2.22. The van der Waals surface area contributed by atoms with Crippen molar-refractivity contribution in [3.63, 3.8) is 0 Å². The summed E-state index contributed by atoms with van der Waals surface area (Å²) in [4.78, 5) is 17.7. The number of carbonyl (C=O) groups excluding carboxylic acids is 1. The third kappa shape index (κ3) is 5.60. The molecule has 1 N–H and O–H groups in total. The van der Waals surface area contributed by atoms with E-state index in [2.05, 4.69) is 51.5 Å². The number of piperidine rings is 1. The molecule has 0 bridgehead atoms. The first-order valence-electron chi connectivity index (χ1n) is 12.6. The average Bonchev–Trinajstić information content (AvgIpc) is 3.38. The van der Waals surface area contributed by atoms with Gasteiger partial charge < -0.3 is 10.1 Å². The molecule has 0 atom stereocenters. The SMILES string of the molecule is COc1cccc(C(=O)NC2CCN(Cc3ccc4ccc(CN5CCCC5)cc4c3)CC2)c1. The molecule has 2 aliphatic rings. The van der Waals surface area contributed by atoms with Gasteiger partial charge in [0.2, 0.25) is 0 Å². The Morgan fingerprint density at radius 3 is 2.15 bits per heavy atom. The van der Waals surface area contributed by atoms with Crippen molar-refractivity contribution in [3.8, 4) is 5.75 Å². The molecular formula is C29H35N3O2. The second kappa shape index (κ2) is 10.6. The van der Waals surface area contributed by atoms with Crippen molar-refractivity contribution in [1.29, 1.82) is 0 Å². The minimum Gasteiger partial charge on any atom is -0.497 e. The van der Waals surface area contributed by atoms with Crippen LogP contribution in [0.4, 0.5) is 0 Å². The smallest absolute Gasteiger partial charge is 0.251 e. The van der Waals surface area contributed by atoms with E-state index in [0.717, 1.165) is 39.0 Å². The molecule has 34 heavy (non-hydrogen) atoms. The van der Waals surface area contributed by atoms with Gasteiger partial charge in [0.05, 0.1) is 7.11 Å². The largest absolute Gasteiger partial charge is 0.497 e. The lowest BCUT2D eigenvalue weighted by molar-refractivity contribution is 0.0908. The van der Waals surface area contributed by atoms with E-state index in [-0.39, 0.29) is 11.9 Å². The number of carbonyl (C=O) groups is 1. The number of likely N-dealkylation sites (tertiary alicyclic amines) is 2. The van der Waals surface area contributed by atoms with E-state index in [0.29, 0.717) is 11.3 Å². The first-order chi connectivity index (χ1) is 16.7. The molecule has 3 aromatic carbocycles. The van der Waals surface area contributed by atoms with Crippen molar-refractivity contribution >= 4 is 16.7 Å². The number of benzene rings is 3.